The first kappa shape index (κ1) is 15.0. The maximum Gasteiger partial charge on any atom is 0.126 e. The van der Waals surface area contributed by atoms with Crippen molar-refractivity contribution in [2.45, 2.75) is 20.5 Å². The third-order valence-corrected chi connectivity index (χ3v) is 2.90. The second-order valence-corrected chi connectivity index (χ2v) is 4.50. The van der Waals surface area contributed by atoms with Gasteiger partial charge in [0.05, 0.1) is 13.2 Å². The van der Waals surface area contributed by atoms with Crippen molar-refractivity contribution in [2.24, 2.45) is 0 Å². The molecule has 0 bridgehead atoms. The minimum atomic E-state index is 0.399. The second-order valence-electron chi connectivity index (χ2n) is 4.50. The predicted molar refractivity (Wildman–Crippen MR) is 84.0 cm³/mol. The fourth-order valence-electron chi connectivity index (χ4n) is 1.99. The highest BCUT2D eigenvalue weighted by Gasteiger charge is 2.06. The van der Waals surface area contributed by atoms with Crippen LogP contribution in [0.5, 0.6) is 17.2 Å². The van der Waals surface area contributed by atoms with Crippen LogP contribution in [0.2, 0.25) is 0 Å². The summed E-state index contributed by atoms with van der Waals surface area (Å²) in [5.74, 6) is 2.35. The van der Waals surface area contributed by atoms with Crippen molar-refractivity contribution in [3.8, 4) is 17.2 Å². The number of hydrogen-bond acceptors (Lipinski definition) is 4. The summed E-state index contributed by atoms with van der Waals surface area (Å²) in [6.07, 6.45) is 0. The second kappa shape index (κ2) is 7.43. The van der Waals surface area contributed by atoms with Crippen LogP contribution in [0.1, 0.15) is 19.4 Å². The van der Waals surface area contributed by atoms with Gasteiger partial charge < -0.3 is 19.9 Å². The largest absolute Gasteiger partial charge is 0.494 e. The molecule has 0 aliphatic rings. The van der Waals surface area contributed by atoms with Gasteiger partial charge >= 0.3 is 0 Å². The van der Waals surface area contributed by atoms with E-state index in [4.69, 9.17) is 19.9 Å². The quantitative estimate of drug-likeness (QED) is 0.790. The van der Waals surface area contributed by atoms with Crippen LogP contribution >= 0.6 is 0 Å². The van der Waals surface area contributed by atoms with Gasteiger partial charge in [0.15, 0.2) is 0 Å². The number of ether oxygens (including phenoxy) is 3. The zero-order valence-corrected chi connectivity index (χ0v) is 12.5. The summed E-state index contributed by atoms with van der Waals surface area (Å²) in [6, 6.07) is 13.1. The molecular formula is C17H21NO3. The SMILES string of the molecule is CCOc1cccc(OCc2cc(N)ccc2OCC)c1. The van der Waals surface area contributed by atoms with Gasteiger partial charge in [0.1, 0.15) is 23.9 Å². The van der Waals surface area contributed by atoms with E-state index in [0.717, 1.165) is 22.8 Å². The Labute approximate surface area is 125 Å². The molecule has 2 aromatic rings. The minimum absolute atomic E-state index is 0.399. The van der Waals surface area contributed by atoms with Gasteiger partial charge in [-0.1, -0.05) is 6.07 Å². The van der Waals surface area contributed by atoms with Gasteiger partial charge in [-0.3, -0.25) is 0 Å². The third-order valence-electron chi connectivity index (χ3n) is 2.90. The van der Waals surface area contributed by atoms with Gasteiger partial charge in [0, 0.05) is 17.3 Å². The van der Waals surface area contributed by atoms with Crippen molar-refractivity contribution >= 4 is 5.69 Å². The van der Waals surface area contributed by atoms with E-state index in [1.807, 2.05) is 56.3 Å². The molecule has 4 heteroatoms. The highest BCUT2D eigenvalue weighted by molar-refractivity contribution is 5.48. The molecule has 2 aromatic carbocycles. The molecule has 0 saturated carbocycles. The minimum Gasteiger partial charge on any atom is -0.494 e. The van der Waals surface area contributed by atoms with E-state index in [-0.39, 0.29) is 0 Å². The molecule has 0 aromatic heterocycles. The predicted octanol–water partition coefficient (Wildman–Crippen LogP) is 3.65. The molecule has 0 saturated heterocycles. The van der Waals surface area contributed by atoms with Crippen LogP contribution in [0.4, 0.5) is 5.69 Å². The van der Waals surface area contributed by atoms with Crippen LogP contribution in [0.3, 0.4) is 0 Å². The van der Waals surface area contributed by atoms with Gasteiger partial charge in [-0.25, -0.2) is 0 Å². The first-order valence-corrected chi connectivity index (χ1v) is 7.09. The summed E-state index contributed by atoms with van der Waals surface area (Å²) in [4.78, 5) is 0. The maximum atomic E-state index is 5.83. The molecule has 0 atom stereocenters. The van der Waals surface area contributed by atoms with E-state index in [1.54, 1.807) is 0 Å². The number of rotatable bonds is 7. The van der Waals surface area contributed by atoms with Gasteiger partial charge in [-0.15, -0.1) is 0 Å². The van der Waals surface area contributed by atoms with E-state index < -0.39 is 0 Å². The lowest BCUT2D eigenvalue weighted by molar-refractivity contribution is 0.283. The molecule has 2 N–H and O–H groups in total. The molecule has 0 aliphatic carbocycles. The van der Waals surface area contributed by atoms with Crippen molar-refractivity contribution in [3.63, 3.8) is 0 Å². The summed E-state index contributed by atoms with van der Waals surface area (Å²) in [5, 5.41) is 0. The molecule has 4 nitrogen and oxygen atoms in total. The number of benzene rings is 2. The molecule has 2 rings (SSSR count). The van der Waals surface area contributed by atoms with E-state index in [1.165, 1.54) is 0 Å². The molecule has 0 radical (unpaired) electrons. The topological polar surface area (TPSA) is 53.7 Å². The van der Waals surface area contributed by atoms with Crippen molar-refractivity contribution in [1.82, 2.24) is 0 Å². The number of nitrogen functional groups attached to an aromatic ring is 1. The number of nitrogens with two attached hydrogens (primary N) is 1. The van der Waals surface area contributed by atoms with Gasteiger partial charge in [-0.05, 0) is 44.2 Å². The van der Waals surface area contributed by atoms with Gasteiger partial charge in [0.25, 0.3) is 0 Å². The van der Waals surface area contributed by atoms with Crippen LogP contribution in [-0.4, -0.2) is 13.2 Å². The van der Waals surface area contributed by atoms with Crippen LogP contribution in [0.25, 0.3) is 0 Å². The van der Waals surface area contributed by atoms with Gasteiger partial charge in [-0.2, -0.15) is 0 Å². The standard InChI is InChI=1S/C17H21NO3/c1-3-19-15-6-5-7-16(11-15)21-12-13-10-14(18)8-9-17(13)20-4-2/h5-11H,3-4,12,18H2,1-2H3. The Morgan fingerprint density at radius 3 is 2.29 bits per heavy atom. The summed E-state index contributed by atoms with van der Waals surface area (Å²) in [5.41, 5.74) is 7.45. The lowest BCUT2D eigenvalue weighted by Crippen LogP contribution is -2.02. The first-order chi connectivity index (χ1) is 10.2. The zero-order valence-electron chi connectivity index (χ0n) is 12.5. The fourth-order valence-corrected chi connectivity index (χ4v) is 1.99. The molecule has 0 heterocycles. The van der Waals surface area contributed by atoms with Crippen LogP contribution in [0, 0.1) is 0 Å². The Hall–Kier alpha value is -2.36. The van der Waals surface area contributed by atoms with Crippen molar-refractivity contribution in [2.75, 3.05) is 18.9 Å². The van der Waals surface area contributed by atoms with Crippen molar-refractivity contribution < 1.29 is 14.2 Å². The number of anilines is 1. The summed E-state index contributed by atoms with van der Waals surface area (Å²) in [7, 11) is 0. The van der Waals surface area contributed by atoms with E-state index in [9.17, 15) is 0 Å². The summed E-state index contributed by atoms with van der Waals surface area (Å²) < 4.78 is 16.8. The highest BCUT2D eigenvalue weighted by Crippen LogP contribution is 2.25. The maximum absolute atomic E-state index is 5.83. The lowest BCUT2D eigenvalue weighted by atomic mass is 10.2. The Kier molecular flexibility index (Phi) is 5.32. The Morgan fingerprint density at radius 2 is 1.57 bits per heavy atom. The first-order valence-electron chi connectivity index (χ1n) is 7.09. The van der Waals surface area contributed by atoms with E-state index in [2.05, 4.69) is 0 Å². The van der Waals surface area contributed by atoms with Crippen molar-refractivity contribution in [1.29, 1.82) is 0 Å². The van der Waals surface area contributed by atoms with E-state index in [0.29, 0.717) is 25.5 Å². The lowest BCUT2D eigenvalue weighted by Gasteiger charge is -2.13. The fraction of sp³-hybridized carbons (Fsp3) is 0.294. The third kappa shape index (κ3) is 4.31. The molecule has 0 unspecified atom stereocenters. The Bertz CT molecular complexity index is 584. The molecule has 0 fully saturated rings. The average molecular weight is 287 g/mol. The Balaban J connectivity index is 2.08. The van der Waals surface area contributed by atoms with Crippen LogP contribution < -0.4 is 19.9 Å². The van der Waals surface area contributed by atoms with Crippen molar-refractivity contribution in [3.05, 3.63) is 48.0 Å². The smallest absolute Gasteiger partial charge is 0.126 e. The van der Waals surface area contributed by atoms with Gasteiger partial charge in [0.2, 0.25) is 0 Å². The van der Waals surface area contributed by atoms with Crippen LogP contribution in [-0.2, 0) is 6.61 Å². The molecule has 0 aliphatic heterocycles. The average Bonchev–Trinajstić information content (AvgIpc) is 2.48. The highest BCUT2D eigenvalue weighted by atomic mass is 16.5. The van der Waals surface area contributed by atoms with Crippen LogP contribution in [0.15, 0.2) is 42.5 Å². The Morgan fingerprint density at radius 1 is 0.857 bits per heavy atom. The normalized spacial score (nSPS) is 10.2. The molecule has 0 spiro atoms. The molecule has 21 heavy (non-hydrogen) atoms. The monoisotopic (exact) mass is 287 g/mol. The molecule has 0 amide bonds. The summed E-state index contributed by atoms with van der Waals surface area (Å²) in [6.45, 7) is 5.54. The zero-order chi connectivity index (χ0) is 15.1. The van der Waals surface area contributed by atoms with E-state index >= 15 is 0 Å². The summed E-state index contributed by atoms with van der Waals surface area (Å²) >= 11 is 0. The molecule has 112 valence electrons. The number of hydrogen-bond donors (Lipinski definition) is 1. The molecular weight excluding hydrogens is 266 g/mol.